The minimum atomic E-state index is -0.187. The predicted molar refractivity (Wildman–Crippen MR) is 200 cm³/mol. The van der Waals surface area contributed by atoms with Crippen molar-refractivity contribution in [1.29, 1.82) is 0 Å². The summed E-state index contributed by atoms with van der Waals surface area (Å²) < 4.78 is 13.4. The highest BCUT2D eigenvalue weighted by atomic mass is 35.5. The van der Waals surface area contributed by atoms with Crippen molar-refractivity contribution in [2.24, 2.45) is 0 Å². The molecule has 12 heteroatoms. The molecule has 0 bridgehead atoms. The maximum Gasteiger partial charge on any atom is 0.218 e. The number of aliphatic hydroxyl groups excluding tert-OH is 2. The maximum absolute atomic E-state index is 9.85. The van der Waals surface area contributed by atoms with E-state index in [-0.39, 0.29) is 12.2 Å². The summed E-state index contributed by atoms with van der Waals surface area (Å²) in [5.74, 6) is 1.15. The van der Waals surface area contributed by atoms with E-state index in [1.54, 1.807) is 20.4 Å². The van der Waals surface area contributed by atoms with Gasteiger partial charge in [-0.1, -0.05) is 47.5 Å². The number of imidazole rings is 1. The number of benzene rings is 1. The molecule has 0 aliphatic heterocycles. The van der Waals surface area contributed by atoms with E-state index in [0.717, 1.165) is 84.9 Å². The van der Waals surface area contributed by atoms with Crippen LogP contribution in [0.4, 0.5) is 0 Å². The SMILES string of the molecule is COc1nc(-c2cccc(-c3ccnc(-c4cc(OC)c5nc(CNC6CCC(O)CC6)cn5c4)c3Cl)c2Cl)ccc1CNC1CCC(O)CC1. The van der Waals surface area contributed by atoms with Crippen molar-refractivity contribution >= 4 is 28.8 Å². The molecule has 7 rings (SSSR count). The van der Waals surface area contributed by atoms with Gasteiger partial charge in [0.25, 0.3) is 0 Å². The lowest BCUT2D eigenvalue weighted by Crippen LogP contribution is -2.34. The van der Waals surface area contributed by atoms with Crippen LogP contribution in [-0.2, 0) is 13.1 Å². The molecule has 2 fully saturated rings. The number of methoxy groups -OCH3 is 2. The van der Waals surface area contributed by atoms with E-state index < -0.39 is 0 Å². The Morgan fingerprint density at radius 1 is 0.765 bits per heavy atom. The van der Waals surface area contributed by atoms with Crippen LogP contribution in [0, 0.1) is 0 Å². The number of aromatic nitrogens is 4. The number of hydrogen-bond acceptors (Lipinski definition) is 9. The molecular formula is C39H44Cl2N6O4. The molecule has 0 unspecified atom stereocenters. The van der Waals surface area contributed by atoms with Crippen LogP contribution in [0.1, 0.15) is 62.6 Å². The van der Waals surface area contributed by atoms with E-state index in [1.165, 1.54) is 0 Å². The van der Waals surface area contributed by atoms with Crippen LogP contribution in [0.25, 0.3) is 39.3 Å². The van der Waals surface area contributed by atoms with Crippen LogP contribution in [0.2, 0.25) is 10.0 Å². The molecule has 4 heterocycles. The summed E-state index contributed by atoms with van der Waals surface area (Å²) in [6.45, 7) is 1.25. The normalized spacial score (nSPS) is 20.8. The molecule has 0 amide bonds. The summed E-state index contributed by atoms with van der Waals surface area (Å²) in [5, 5.41) is 27.9. The Hall–Kier alpha value is -3.77. The summed E-state index contributed by atoms with van der Waals surface area (Å²) in [6.07, 6.45) is 12.4. The van der Waals surface area contributed by atoms with Gasteiger partial charge >= 0.3 is 0 Å². The van der Waals surface area contributed by atoms with Crippen LogP contribution in [0.15, 0.2) is 61.1 Å². The van der Waals surface area contributed by atoms with E-state index in [1.807, 2.05) is 59.3 Å². The number of nitrogens with zero attached hydrogens (tertiary/aromatic N) is 4. The first-order chi connectivity index (χ1) is 24.8. The van der Waals surface area contributed by atoms with Crippen LogP contribution in [-0.4, -0.2) is 68.1 Å². The van der Waals surface area contributed by atoms with Crippen molar-refractivity contribution < 1.29 is 19.7 Å². The molecule has 2 saturated carbocycles. The monoisotopic (exact) mass is 730 g/mol. The fourth-order valence-corrected chi connectivity index (χ4v) is 7.91. The summed E-state index contributed by atoms with van der Waals surface area (Å²) in [4.78, 5) is 14.4. The van der Waals surface area contributed by atoms with Gasteiger partial charge in [-0.25, -0.2) is 9.97 Å². The van der Waals surface area contributed by atoms with Gasteiger partial charge in [-0.15, -0.1) is 0 Å². The molecule has 0 radical (unpaired) electrons. The van der Waals surface area contributed by atoms with Gasteiger partial charge < -0.3 is 34.7 Å². The Kier molecular flexibility index (Phi) is 11.1. The second kappa shape index (κ2) is 15.9. The lowest BCUT2D eigenvalue weighted by Gasteiger charge is -2.26. The first-order valence-corrected chi connectivity index (χ1v) is 18.4. The fourth-order valence-electron chi connectivity index (χ4n) is 7.27. The zero-order valence-corrected chi connectivity index (χ0v) is 30.4. The third-order valence-corrected chi connectivity index (χ3v) is 11.0. The van der Waals surface area contributed by atoms with Gasteiger partial charge in [-0.2, -0.15) is 0 Å². The van der Waals surface area contributed by atoms with E-state index in [0.29, 0.717) is 63.9 Å². The highest BCUT2D eigenvalue weighted by Gasteiger charge is 2.22. The Morgan fingerprint density at radius 2 is 1.43 bits per heavy atom. The van der Waals surface area contributed by atoms with Gasteiger partial charge in [0.05, 0.1) is 53.6 Å². The molecule has 0 atom stereocenters. The van der Waals surface area contributed by atoms with Crippen LogP contribution < -0.4 is 20.1 Å². The molecule has 51 heavy (non-hydrogen) atoms. The molecule has 1 aromatic carbocycles. The molecule has 4 N–H and O–H groups in total. The Bertz CT molecular complexity index is 1990. The first kappa shape index (κ1) is 35.6. The van der Waals surface area contributed by atoms with Gasteiger partial charge in [-0.3, -0.25) is 4.98 Å². The zero-order valence-electron chi connectivity index (χ0n) is 28.9. The summed E-state index contributed by atoms with van der Waals surface area (Å²) in [7, 11) is 3.26. The summed E-state index contributed by atoms with van der Waals surface area (Å²) in [5.41, 5.74) is 6.88. The van der Waals surface area contributed by atoms with E-state index in [2.05, 4.69) is 15.6 Å². The lowest BCUT2D eigenvalue weighted by molar-refractivity contribution is 0.116. The third-order valence-electron chi connectivity index (χ3n) is 10.2. The van der Waals surface area contributed by atoms with Gasteiger partial charge in [0.15, 0.2) is 11.4 Å². The summed E-state index contributed by atoms with van der Waals surface area (Å²) >= 11 is 14.3. The van der Waals surface area contributed by atoms with E-state index in [4.69, 9.17) is 42.6 Å². The minimum absolute atomic E-state index is 0.185. The van der Waals surface area contributed by atoms with Gasteiger partial charge in [0.2, 0.25) is 5.88 Å². The van der Waals surface area contributed by atoms with Crippen LogP contribution in [0.5, 0.6) is 11.6 Å². The number of ether oxygens (including phenoxy) is 2. The highest BCUT2D eigenvalue weighted by molar-refractivity contribution is 6.39. The Balaban J connectivity index is 1.14. The average molecular weight is 732 g/mol. The standard InChI is InChI=1S/C39H44Cl2N6O4/c1-50-34-18-24(21-47-22-27(45-38(34)47)20-44-26-9-13-29(49)14-10-26)37-36(41)31(16-17-42-37)30-4-3-5-32(35(30)40)33-15-6-23(39(46-33)51-2)19-43-25-7-11-28(48)12-8-25/h3-6,15-18,21-22,25-26,28-29,43-44,48-49H,7-14,19-20H2,1-2H3. The van der Waals surface area contributed by atoms with E-state index >= 15 is 0 Å². The lowest BCUT2D eigenvalue weighted by atomic mass is 9.93. The minimum Gasteiger partial charge on any atom is -0.493 e. The van der Waals surface area contributed by atoms with E-state index in [9.17, 15) is 10.2 Å². The maximum atomic E-state index is 9.85. The number of halogens is 2. The van der Waals surface area contributed by atoms with Crippen molar-refractivity contribution in [3.63, 3.8) is 0 Å². The van der Waals surface area contributed by atoms with Gasteiger partial charge in [-0.05, 0) is 69.6 Å². The van der Waals surface area contributed by atoms with Crippen LogP contribution in [0.3, 0.4) is 0 Å². The second-order valence-electron chi connectivity index (χ2n) is 13.6. The largest absolute Gasteiger partial charge is 0.493 e. The quantitative estimate of drug-likeness (QED) is 0.111. The average Bonchev–Trinajstić information content (AvgIpc) is 3.57. The first-order valence-electron chi connectivity index (χ1n) is 17.7. The Morgan fingerprint density at radius 3 is 2.12 bits per heavy atom. The van der Waals surface area contributed by atoms with Gasteiger partial charge in [0.1, 0.15) is 0 Å². The third kappa shape index (κ3) is 7.87. The number of hydrogen-bond donors (Lipinski definition) is 4. The number of rotatable bonds is 11. The van der Waals surface area contributed by atoms with Crippen molar-refractivity contribution in [3.05, 3.63) is 82.4 Å². The van der Waals surface area contributed by atoms with Gasteiger partial charge in [0, 0.05) is 71.6 Å². The van der Waals surface area contributed by atoms with Crippen molar-refractivity contribution in [2.45, 2.75) is 88.7 Å². The number of aliphatic hydroxyl groups is 2. The molecule has 10 nitrogen and oxygen atoms in total. The molecule has 2 aliphatic carbocycles. The zero-order chi connectivity index (χ0) is 35.5. The second-order valence-corrected chi connectivity index (χ2v) is 14.3. The molecule has 2 aliphatic rings. The molecule has 0 saturated heterocycles. The number of nitrogens with one attached hydrogen (secondary N) is 2. The smallest absolute Gasteiger partial charge is 0.218 e. The number of fused-ring (bicyclic) bond motifs is 1. The highest BCUT2D eigenvalue weighted by Crippen LogP contribution is 2.42. The predicted octanol–water partition coefficient (Wildman–Crippen LogP) is 7.24. The Labute approximate surface area is 308 Å². The van der Waals surface area contributed by atoms with Crippen molar-refractivity contribution in [1.82, 2.24) is 30.0 Å². The molecular weight excluding hydrogens is 687 g/mol. The molecule has 5 aromatic rings. The number of pyridine rings is 3. The molecule has 0 spiro atoms. The van der Waals surface area contributed by atoms with Crippen molar-refractivity contribution in [3.8, 4) is 45.3 Å². The fraction of sp³-hybridized carbons (Fsp3) is 0.410. The molecule has 4 aromatic heterocycles. The van der Waals surface area contributed by atoms with Crippen LogP contribution >= 0.6 is 23.2 Å². The topological polar surface area (TPSA) is 126 Å². The molecule has 268 valence electrons. The van der Waals surface area contributed by atoms with Crippen molar-refractivity contribution in [2.75, 3.05) is 14.2 Å². The summed E-state index contributed by atoms with van der Waals surface area (Å²) in [6, 6.07) is 14.3.